The molecule has 1 amide bonds. The van der Waals surface area contributed by atoms with E-state index in [0.29, 0.717) is 29.0 Å². The lowest BCUT2D eigenvalue weighted by Crippen LogP contribution is -2.21. The number of hydrogen-bond donors (Lipinski definition) is 2. The van der Waals surface area contributed by atoms with Crippen LogP contribution in [-0.2, 0) is 6.54 Å². The molecule has 6 nitrogen and oxygen atoms in total. The van der Waals surface area contributed by atoms with E-state index in [1.165, 1.54) is 4.90 Å². The molecule has 3 aromatic rings. The number of H-pyrrole nitrogens is 1. The minimum atomic E-state index is -0.171. The fourth-order valence-corrected chi connectivity index (χ4v) is 2.38. The number of fused-ring (bicyclic) bond motifs is 1. The van der Waals surface area contributed by atoms with Crippen LogP contribution >= 0.6 is 0 Å². The molecule has 2 N–H and O–H groups in total. The second-order valence-corrected chi connectivity index (χ2v) is 5.68. The molecule has 24 heavy (non-hydrogen) atoms. The number of aromatic amines is 1. The van der Waals surface area contributed by atoms with E-state index in [1.54, 1.807) is 38.4 Å². The van der Waals surface area contributed by atoms with Gasteiger partial charge in [-0.2, -0.15) is 0 Å². The summed E-state index contributed by atoms with van der Waals surface area (Å²) in [6.07, 6.45) is 0. The van der Waals surface area contributed by atoms with Crippen LogP contribution in [0, 0.1) is 0 Å². The first-order valence-electron chi connectivity index (χ1n) is 7.58. The fraction of sp³-hybridized carbons (Fsp3) is 0.167. The SMILES string of the molecule is CN(C)C(=O)c1ccc(CNc2nc3ccccc3c(=O)[nH]2)cc1. The number of aromatic nitrogens is 2. The van der Waals surface area contributed by atoms with Gasteiger partial charge in [-0.1, -0.05) is 24.3 Å². The Bertz CT molecular complexity index is 930. The number of carbonyl (C=O) groups is 1. The molecule has 2 aromatic carbocycles. The predicted molar refractivity (Wildman–Crippen MR) is 94.1 cm³/mol. The highest BCUT2D eigenvalue weighted by molar-refractivity contribution is 5.93. The third-order valence-corrected chi connectivity index (χ3v) is 3.68. The van der Waals surface area contributed by atoms with Crippen molar-refractivity contribution >= 4 is 22.8 Å². The smallest absolute Gasteiger partial charge is 0.260 e. The third kappa shape index (κ3) is 3.27. The Morgan fingerprint density at radius 3 is 2.54 bits per heavy atom. The van der Waals surface area contributed by atoms with Crippen LogP contribution in [0.25, 0.3) is 10.9 Å². The molecule has 0 aliphatic carbocycles. The predicted octanol–water partition coefficient (Wildman–Crippen LogP) is 2.24. The first-order valence-corrected chi connectivity index (χ1v) is 7.58. The van der Waals surface area contributed by atoms with Crippen molar-refractivity contribution in [2.24, 2.45) is 0 Å². The molecule has 0 aliphatic rings. The molecule has 6 heteroatoms. The second kappa shape index (κ2) is 6.54. The van der Waals surface area contributed by atoms with Gasteiger partial charge in [-0.05, 0) is 29.8 Å². The maximum Gasteiger partial charge on any atom is 0.260 e. The average Bonchev–Trinajstić information content (AvgIpc) is 2.60. The van der Waals surface area contributed by atoms with E-state index in [-0.39, 0.29) is 11.5 Å². The molecular weight excluding hydrogens is 304 g/mol. The van der Waals surface area contributed by atoms with E-state index >= 15 is 0 Å². The van der Waals surface area contributed by atoms with Crippen molar-refractivity contribution in [2.45, 2.75) is 6.54 Å². The van der Waals surface area contributed by atoms with Gasteiger partial charge in [-0.15, -0.1) is 0 Å². The number of hydrogen-bond acceptors (Lipinski definition) is 4. The molecule has 0 atom stereocenters. The molecule has 122 valence electrons. The van der Waals surface area contributed by atoms with Gasteiger partial charge in [0.25, 0.3) is 11.5 Å². The largest absolute Gasteiger partial charge is 0.352 e. The highest BCUT2D eigenvalue weighted by atomic mass is 16.2. The normalized spacial score (nSPS) is 10.6. The van der Waals surface area contributed by atoms with Gasteiger partial charge >= 0.3 is 0 Å². The Morgan fingerprint density at radius 1 is 1.12 bits per heavy atom. The number of carbonyl (C=O) groups excluding carboxylic acids is 1. The van der Waals surface area contributed by atoms with Crippen molar-refractivity contribution < 1.29 is 4.79 Å². The van der Waals surface area contributed by atoms with E-state index in [1.807, 2.05) is 24.3 Å². The standard InChI is InChI=1S/C18H18N4O2/c1-22(2)17(24)13-9-7-12(8-10-13)11-19-18-20-15-6-4-3-5-14(15)16(23)21-18/h3-10H,11H2,1-2H3,(H2,19,20,21,23). The van der Waals surface area contributed by atoms with Gasteiger partial charge in [0.1, 0.15) is 0 Å². The van der Waals surface area contributed by atoms with E-state index in [2.05, 4.69) is 15.3 Å². The van der Waals surface area contributed by atoms with Crippen LogP contribution in [-0.4, -0.2) is 34.9 Å². The number of benzene rings is 2. The van der Waals surface area contributed by atoms with Gasteiger partial charge in [0.15, 0.2) is 0 Å². The van der Waals surface area contributed by atoms with Crippen LogP contribution < -0.4 is 10.9 Å². The minimum Gasteiger partial charge on any atom is -0.352 e. The summed E-state index contributed by atoms with van der Waals surface area (Å²) < 4.78 is 0. The van der Waals surface area contributed by atoms with Gasteiger partial charge in [0, 0.05) is 26.2 Å². The Morgan fingerprint density at radius 2 is 1.83 bits per heavy atom. The zero-order chi connectivity index (χ0) is 17.1. The van der Waals surface area contributed by atoms with E-state index < -0.39 is 0 Å². The molecule has 3 rings (SSSR count). The van der Waals surface area contributed by atoms with E-state index in [4.69, 9.17) is 0 Å². The first kappa shape index (κ1) is 15.7. The summed E-state index contributed by atoms with van der Waals surface area (Å²) in [7, 11) is 3.44. The van der Waals surface area contributed by atoms with Gasteiger partial charge in [-0.3, -0.25) is 14.6 Å². The second-order valence-electron chi connectivity index (χ2n) is 5.68. The van der Waals surface area contributed by atoms with E-state index in [0.717, 1.165) is 5.56 Å². The molecule has 0 saturated carbocycles. The molecule has 1 heterocycles. The number of nitrogens with one attached hydrogen (secondary N) is 2. The summed E-state index contributed by atoms with van der Waals surface area (Å²) in [5.74, 6) is 0.391. The highest BCUT2D eigenvalue weighted by Crippen LogP contribution is 2.10. The number of para-hydroxylation sites is 1. The zero-order valence-electron chi connectivity index (χ0n) is 13.5. The summed E-state index contributed by atoms with van der Waals surface area (Å²) in [5.41, 5.74) is 2.10. The lowest BCUT2D eigenvalue weighted by atomic mass is 10.1. The first-order chi connectivity index (χ1) is 11.5. The van der Waals surface area contributed by atoms with Crippen molar-refractivity contribution in [3.05, 3.63) is 70.0 Å². The summed E-state index contributed by atoms with van der Waals surface area (Å²) >= 11 is 0. The Kier molecular flexibility index (Phi) is 4.29. The monoisotopic (exact) mass is 322 g/mol. The minimum absolute atomic E-state index is 0.0324. The maximum absolute atomic E-state index is 12.0. The van der Waals surface area contributed by atoms with Crippen molar-refractivity contribution in [1.29, 1.82) is 0 Å². The van der Waals surface area contributed by atoms with Crippen molar-refractivity contribution in [3.63, 3.8) is 0 Å². The van der Waals surface area contributed by atoms with Crippen LogP contribution in [0.5, 0.6) is 0 Å². The number of amides is 1. The van der Waals surface area contributed by atoms with Crippen LogP contribution in [0.3, 0.4) is 0 Å². The zero-order valence-corrected chi connectivity index (χ0v) is 13.5. The molecule has 0 unspecified atom stereocenters. The van der Waals surface area contributed by atoms with Crippen LogP contribution in [0.1, 0.15) is 15.9 Å². The quantitative estimate of drug-likeness (QED) is 0.772. The van der Waals surface area contributed by atoms with Gasteiger partial charge in [0.05, 0.1) is 10.9 Å². The van der Waals surface area contributed by atoms with Gasteiger partial charge < -0.3 is 10.2 Å². The fourth-order valence-electron chi connectivity index (χ4n) is 2.38. The van der Waals surface area contributed by atoms with Crippen molar-refractivity contribution in [1.82, 2.24) is 14.9 Å². The van der Waals surface area contributed by atoms with Crippen molar-refractivity contribution in [3.8, 4) is 0 Å². The van der Waals surface area contributed by atoms with Gasteiger partial charge in [0.2, 0.25) is 5.95 Å². The number of nitrogens with zero attached hydrogens (tertiary/aromatic N) is 2. The van der Waals surface area contributed by atoms with E-state index in [9.17, 15) is 9.59 Å². The third-order valence-electron chi connectivity index (χ3n) is 3.68. The molecule has 0 spiro atoms. The molecule has 0 bridgehead atoms. The summed E-state index contributed by atoms with van der Waals surface area (Å²) in [4.78, 5) is 32.5. The highest BCUT2D eigenvalue weighted by Gasteiger charge is 2.07. The number of anilines is 1. The number of rotatable bonds is 4. The Labute approximate surface area is 139 Å². The molecule has 0 fully saturated rings. The molecule has 1 aromatic heterocycles. The van der Waals surface area contributed by atoms with Crippen LogP contribution in [0.4, 0.5) is 5.95 Å². The molecule has 0 aliphatic heterocycles. The topological polar surface area (TPSA) is 78.1 Å². The summed E-state index contributed by atoms with van der Waals surface area (Å²) in [6, 6.07) is 14.5. The average molecular weight is 322 g/mol. The maximum atomic E-state index is 12.0. The van der Waals surface area contributed by atoms with Gasteiger partial charge in [-0.25, -0.2) is 4.98 Å². The Hall–Kier alpha value is -3.15. The lowest BCUT2D eigenvalue weighted by Gasteiger charge is -2.11. The molecule has 0 saturated heterocycles. The van der Waals surface area contributed by atoms with Crippen molar-refractivity contribution in [2.75, 3.05) is 19.4 Å². The summed E-state index contributed by atoms with van der Waals surface area (Å²) in [6.45, 7) is 0.498. The lowest BCUT2D eigenvalue weighted by molar-refractivity contribution is 0.0827. The van der Waals surface area contributed by atoms with Crippen LogP contribution in [0.2, 0.25) is 0 Å². The molecule has 0 radical (unpaired) electrons. The Balaban J connectivity index is 1.74. The van der Waals surface area contributed by atoms with Crippen LogP contribution in [0.15, 0.2) is 53.3 Å². The molecular formula is C18H18N4O2. The summed E-state index contributed by atoms with van der Waals surface area (Å²) in [5, 5.41) is 3.67.